The molecule has 0 aromatic heterocycles. The SMILES string of the molecule is COc1cc2c(cc1OC)C(CCC1=CCC(C(F)(F)F)C=C1)=NCC2. The van der Waals surface area contributed by atoms with E-state index in [1.165, 1.54) is 6.08 Å². The molecule has 2 aliphatic rings. The molecule has 0 fully saturated rings. The summed E-state index contributed by atoms with van der Waals surface area (Å²) in [5.74, 6) is -0.00927. The molecule has 1 aliphatic carbocycles. The first kappa shape index (κ1) is 18.5. The molecule has 3 rings (SSSR count). The number of allylic oxidation sites excluding steroid dienone is 4. The van der Waals surface area contributed by atoms with Crippen LogP contribution in [0.15, 0.2) is 40.9 Å². The molecule has 1 aromatic carbocycles. The number of hydrogen-bond donors (Lipinski definition) is 0. The third kappa shape index (κ3) is 3.94. The van der Waals surface area contributed by atoms with E-state index in [-0.39, 0.29) is 6.42 Å². The van der Waals surface area contributed by atoms with E-state index < -0.39 is 12.1 Å². The zero-order valence-electron chi connectivity index (χ0n) is 14.9. The molecular formula is C20H22F3NO2. The van der Waals surface area contributed by atoms with Gasteiger partial charge in [-0.3, -0.25) is 4.99 Å². The Balaban J connectivity index is 1.70. The van der Waals surface area contributed by atoms with Crippen LogP contribution in [-0.2, 0) is 6.42 Å². The highest BCUT2D eigenvalue weighted by atomic mass is 19.4. The fourth-order valence-electron chi connectivity index (χ4n) is 3.36. The molecule has 3 nitrogen and oxygen atoms in total. The minimum absolute atomic E-state index is 0.0173. The van der Waals surface area contributed by atoms with Gasteiger partial charge in [0, 0.05) is 17.8 Å². The Morgan fingerprint density at radius 2 is 1.85 bits per heavy atom. The summed E-state index contributed by atoms with van der Waals surface area (Å²) in [6.45, 7) is 0.711. The molecule has 1 atom stereocenters. The Morgan fingerprint density at radius 3 is 2.46 bits per heavy atom. The fourth-order valence-corrected chi connectivity index (χ4v) is 3.36. The third-order valence-electron chi connectivity index (χ3n) is 4.85. The standard InChI is InChI=1S/C20H22F3NO2/c1-25-18-11-14-9-10-24-17(16(14)12-19(18)26-2)8-5-13-3-6-15(7-4-13)20(21,22)23/h3-4,6,11-12,15H,5,7-10H2,1-2H3. The number of ether oxygens (including phenoxy) is 2. The maximum Gasteiger partial charge on any atom is 0.395 e. The van der Waals surface area contributed by atoms with Crippen molar-refractivity contribution in [3.05, 3.63) is 47.1 Å². The lowest BCUT2D eigenvalue weighted by Gasteiger charge is -2.21. The van der Waals surface area contributed by atoms with E-state index in [1.54, 1.807) is 26.4 Å². The van der Waals surface area contributed by atoms with E-state index in [1.807, 2.05) is 12.1 Å². The fraction of sp³-hybridized carbons (Fsp3) is 0.450. The lowest BCUT2D eigenvalue weighted by molar-refractivity contribution is -0.160. The number of rotatable bonds is 5. The van der Waals surface area contributed by atoms with Crippen molar-refractivity contribution in [2.75, 3.05) is 20.8 Å². The Bertz CT molecular complexity index is 763. The highest BCUT2D eigenvalue weighted by molar-refractivity contribution is 6.03. The maximum absolute atomic E-state index is 12.7. The van der Waals surface area contributed by atoms with Gasteiger partial charge >= 0.3 is 6.18 Å². The van der Waals surface area contributed by atoms with Crippen molar-refractivity contribution in [3.63, 3.8) is 0 Å². The van der Waals surface area contributed by atoms with Gasteiger partial charge in [0.2, 0.25) is 0 Å². The summed E-state index contributed by atoms with van der Waals surface area (Å²) < 4.78 is 48.9. The first-order valence-electron chi connectivity index (χ1n) is 8.65. The molecule has 0 spiro atoms. The molecule has 26 heavy (non-hydrogen) atoms. The molecule has 0 radical (unpaired) electrons. The first-order chi connectivity index (χ1) is 12.4. The topological polar surface area (TPSA) is 30.8 Å². The van der Waals surface area contributed by atoms with Crippen molar-refractivity contribution in [3.8, 4) is 11.5 Å². The minimum atomic E-state index is -4.17. The van der Waals surface area contributed by atoms with Crippen molar-refractivity contribution in [1.29, 1.82) is 0 Å². The number of nitrogens with zero attached hydrogens (tertiary/aromatic N) is 1. The maximum atomic E-state index is 12.7. The molecule has 140 valence electrons. The molecule has 0 saturated carbocycles. The second-order valence-electron chi connectivity index (χ2n) is 6.46. The molecule has 0 bridgehead atoms. The predicted molar refractivity (Wildman–Crippen MR) is 95.3 cm³/mol. The van der Waals surface area contributed by atoms with Crippen LogP contribution in [-0.4, -0.2) is 32.7 Å². The summed E-state index contributed by atoms with van der Waals surface area (Å²) in [6.07, 6.45) is 2.61. The van der Waals surface area contributed by atoms with Gasteiger partial charge in [-0.25, -0.2) is 0 Å². The zero-order valence-corrected chi connectivity index (χ0v) is 14.9. The molecule has 6 heteroatoms. The van der Waals surface area contributed by atoms with Gasteiger partial charge in [-0.15, -0.1) is 0 Å². The van der Waals surface area contributed by atoms with Crippen LogP contribution in [0.4, 0.5) is 13.2 Å². The second kappa shape index (κ2) is 7.56. The van der Waals surface area contributed by atoms with E-state index in [2.05, 4.69) is 4.99 Å². The van der Waals surface area contributed by atoms with Crippen LogP contribution in [0.25, 0.3) is 0 Å². The molecule has 0 amide bonds. The van der Waals surface area contributed by atoms with Gasteiger partial charge in [0.05, 0.1) is 20.1 Å². The highest BCUT2D eigenvalue weighted by Crippen LogP contribution is 2.35. The number of methoxy groups -OCH3 is 2. The molecule has 1 unspecified atom stereocenters. The smallest absolute Gasteiger partial charge is 0.395 e. The average molecular weight is 365 g/mol. The Labute approximate surface area is 151 Å². The minimum Gasteiger partial charge on any atom is -0.493 e. The number of hydrogen-bond acceptors (Lipinski definition) is 3. The predicted octanol–water partition coefficient (Wildman–Crippen LogP) is 4.89. The van der Waals surface area contributed by atoms with E-state index in [0.717, 1.165) is 28.8 Å². The largest absolute Gasteiger partial charge is 0.493 e. The number of fused-ring (bicyclic) bond motifs is 1. The molecule has 0 saturated heterocycles. The molecular weight excluding hydrogens is 343 g/mol. The van der Waals surface area contributed by atoms with E-state index in [0.29, 0.717) is 30.9 Å². The second-order valence-corrected chi connectivity index (χ2v) is 6.46. The lowest BCUT2D eigenvalue weighted by atomic mass is 9.90. The monoisotopic (exact) mass is 365 g/mol. The molecule has 1 aromatic rings. The summed E-state index contributed by atoms with van der Waals surface area (Å²) in [7, 11) is 3.21. The summed E-state index contributed by atoms with van der Waals surface area (Å²) in [5, 5.41) is 0. The number of benzene rings is 1. The zero-order chi connectivity index (χ0) is 18.7. The third-order valence-corrected chi connectivity index (χ3v) is 4.85. The summed E-state index contributed by atoms with van der Waals surface area (Å²) >= 11 is 0. The summed E-state index contributed by atoms with van der Waals surface area (Å²) in [4.78, 5) is 4.63. The van der Waals surface area contributed by atoms with Crippen LogP contribution in [0, 0.1) is 5.92 Å². The number of halogens is 3. The lowest BCUT2D eigenvalue weighted by Crippen LogP contribution is -2.21. The van der Waals surface area contributed by atoms with Crippen molar-refractivity contribution in [2.45, 2.75) is 31.9 Å². The Kier molecular flexibility index (Phi) is 5.39. The molecule has 0 N–H and O–H groups in total. The number of alkyl halides is 3. The molecule has 1 heterocycles. The van der Waals surface area contributed by atoms with Gasteiger partial charge in [-0.2, -0.15) is 13.2 Å². The average Bonchev–Trinajstić information content (AvgIpc) is 2.64. The van der Waals surface area contributed by atoms with E-state index in [4.69, 9.17) is 9.47 Å². The van der Waals surface area contributed by atoms with Crippen LogP contribution >= 0.6 is 0 Å². The van der Waals surface area contributed by atoms with E-state index >= 15 is 0 Å². The van der Waals surface area contributed by atoms with Gasteiger partial charge in [-0.1, -0.05) is 23.8 Å². The van der Waals surface area contributed by atoms with Crippen molar-refractivity contribution < 1.29 is 22.6 Å². The normalized spacial score (nSPS) is 19.5. The van der Waals surface area contributed by atoms with Crippen LogP contribution < -0.4 is 9.47 Å². The van der Waals surface area contributed by atoms with Gasteiger partial charge in [0.25, 0.3) is 0 Å². The Hall–Kier alpha value is -2.24. The van der Waals surface area contributed by atoms with Crippen LogP contribution in [0.3, 0.4) is 0 Å². The van der Waals surface area contributed by atoms with Crippen LogP contribution in [0.1, 0.15) is 30.4 Å². The first-order valence-corrected chi connectivity index (χ1v) is 8.65. The van der Waals surface area contributed by atoms with Crippen LogP contribution in [0.2, 0.25) is 0 Å². The van der Waals surface area contributed by atoms with Crippen LogP contribution in [0.5, 0.6) is 11.5 Å². The highest BCUT2D eigenvalue weighted by Gasteiger charge is 2.37. The summed E-state index contributed by atoms with van der Waals surface area (Å²) in [5.41, 5.74) is 4.11. The van der Waals surface area contributed by atoms with Crippen molar-refractivity contribution >= 4 is 5.71 Å². The van der Waals surface area contributed by atoms with Crippen molar-refractivity contribution in [1.82, 2.24) is 0 Å². The van der Waals surface area contributed by atoms with Gasteiger partial charge < -0.3 is 9.47 Å². The summed E-state index contributed by atoms with van der Waals surface area (Å²) in [6, 6.07) is 3.92. The Morgan fingerprint density at radius 1 is 1.12 bits per heavy atom. The molecule has 1 aliphatic heterocycles. The quantitative estimate of drug-likeness (QED) is 0.744. The number of aliphatic imine (C=N–C) groups is 1. The van der Waals surface area contributed by atoms with Crippen molar-refractivity contribution in [2.24, 2.45) is 10.9 Å². The van der Waals surface area contributed by atoms with E-state index in [9.17, 15) is 13.2 Å². The van der Waals surface area contributed by atoms with Gasteiger partial charge in [-0.05, 0) is 43.4 Å². The van der Waals surface area contributed by atoms with Gasteiger partial charge in [0.15, 0.2) is 11.5 Å². The van der Waals surface area contributed by atoms with Gasteiger partial charge in [0.1, 0.15) is 0 Å².